The monoisotopic (exact) mass is 261 g/mol. The Bertz CT molecular complexity index is 366. The lowest BCUT2D eigenvalue weighted by Gasteiger charge is -2.42. The summed E-state index contributed by atoms with van der Waals surface area (Å²) >= 11 is 0. The summed E-state index contributed by atoms with van der Waals surface area (Å²) in [6, 6.07) is 11.8. The molecule has 19 heavy (non-hydrogen) atoms. The molecule has 1 saturated heterocycles. The molecule has 1 aromatic carbocycles. The van der Waals surface area contributed by atoms with E-state index in [0.717, 1.165) is 19.6 Å². The van der Waals surface area contributed by atoms with Gasteiger partial charge in [0.05, 0.1) is 0 Å². The Kier molecular flexibility index (Phi) is 5.37. The normalized spacial score (nSPS) is 23.4. The third-order valence-corrected chi connectivity index (χ3v) is 4.06. The highest BCUT2D eigenvalue weighted by Gasteiger charge is 2.30. The van der Waals surface area contributed by atoms with E-state index in [1.165, 1.54) is 18.5 Å². The number of hydrogen-bond acceptors (Lipinski definition) is 3. The van der Waals surface area contributed by atoms with Gasteiger partial charge in [-0.2, -0.15) is 0 Å². The summed E-state index contributed by atoms with van der Waals surface area (Å²) in [5.74, 6) is 0. The molecule has 0 aromatic heterocycles. The van der Waals surface area contributed by atoms with Crippen LogP contribution in [0, 0.1) is 0 Å². The topological polar surface area (TPSA) is 18.5 Å². The second-order valence-electron chi connectivity index (χ2n) is 5.65. The van der Waals surface area contributed by atoms with Crippen LogP contribution in [0.15, 0.2) is 30.3 Å². The van der Waals surface area contributed by atoms with E-state index in [0.29, 0.717) is 12.1 Å². The number of piperazine rings is 1. The molecule has 106 valence electrons. The number of rotatable bonds is 5. The molecule has 3 heteroatoms. The first-order chi connectivity index (χ1) is 9.22. The van der Waals surface area contributed by atoms with Crippen LogP contribution < -0.4 is 5.32 Å². The molecule has 0 spiro atoms. The highest BCUT2D eigenvalue weighted by Crippen LogP contribution is 2.23. The summed E-state index contributed by atoms with van der Waals surface area (Å²) in [6.07, 6.45) is 1.18. The summed E-state index contributed by atoms with van der Waals surface area (Å²) in [7, 11) is 4.48. The van der Waals surface area contributed by atoms with Crippen LogP contribution >= 0.6 is 0 Å². The fraction of sp³-hybridized carbons (Fsp3) is 0.625. The van der Waals surface area contributed by atoms with Gasteiger partial charge < -0.3 is 10.2 Å². The van der Waals surface area contributed by atoms with Crippen molar-refractivity contribution in [1.29, 1.82) is 0 Å². The van der Waals surface area contributed by atoms with Gasteiger partial charge in [0, 0.05) is 31.7 Å². The SMILES string of the molecule is CCCNC(c1ccccc1)C1CN(C)CCN1C. The maximum absolute atomic E-state index is 3.74. The van der Waals surface area contributed by atoms with Crippen LogP contribution in [0.5, 0.6) is 0 Å². The van der Waals surface area contributed by atoms with Gasteiger partial charge in [0.1, 0.15) is 0 Å². The number of nitrogens with one attached hydrogen (secondary N) is 1. The molecule has 3 nitrogen and oxygen atoms in total. The molecular weight excluding hydrogens is 234 g/mol. The van der Waals surface area contributed by atoms with E-state index in [9.17, 15) is 0 Å². The largest absolute Gasteiger partial charge is 0.309 e. The zero-order valence-electron chi connectivity index (χ0n) is 12.5. The van der Waals surface area contributed by atoms with Crippen molar-refractivity contribution in [1.82, 2.24) is 15.1 Å². The fourth-order valence-electron chi connectivity index (χ4n) is 2.84. The first kappa shape index (κ1) is 14.5. The zero-order valence-corrected chi connectivity index (χ0v) is 12.5. The average molecular weight is 261 g/mol. The molecule has 1 aliphatic heterocycles. The number of hydrogen-bond donors (Lipinski definition) is 1. The van der Waals surface area contributed by atoms with E-state index in [1.807, 2.05) is 0 Å². The van der Waals surface area contributed by atoms with Crippen LogP contribution in [0.2, 0.25) is 0 Å². The predicted octanol–water partition coefficient (Wildman–Crippen LogP) is 1.97. The smallest absolute Gasteiger partial charge is 0.0490 e. The first-order valence-corrected chi connectivity index (χ1v) is 7.39. The first-order valence-electron chi connectivity index (χ1n) is 7.39. The third kappa shape index (κ3) is 3.78. The zero-order chi connectivity index (χ0) is 13.7. The maximum atomic E-state index is 3.74. The molecule has 1 aliphatic rings. The second kappa shape index (κ2) is 7.04. The van der Waals surface area contributed by atoms with Crippen molar-refractivity contribution in [2.24, 2.45) is 0 Å². The number of benzene rings is 1. The van der Waals surface area contributed by atoms with Gasteiger partial charge in [0.15, 0.2) is 0 Å². The van der Waals surface area contributed by atoms with E-state index in [2.05, 4.69) is 66.5 Å². The van der Waals surface area contributed by atoms with E-state index >= 15 is 0 Å². The van der Waals surface area contributed by atoms with Gasteiger partial charge in [-0.05, 0) is 32.6 Å². The molecule has 1 aromatic rings. The predicted molar refractivity (Wildman–Crippen MR) is 81.4 cm³/mol. The van der Waals surface area contributed by atoms with Gasteiger partial charge in [0.25, 0.3) is 0 Å². The molecule has 2 rings (SSSR count). The minimum atomic E-state index is 0.425. The van der Waals surface area contributed by atoms with E-state index < -0.39 is 0 Å². The number of nitrogens with zero attached hydrogens (tertiary/aromatic N) is 2. The summed E-state index contributed by atoms with van der Waals surface area (Å²) in [5.41, 5.74) is 1.41. The van der Waals surface area contributed by atoms with Crippen LogP contribution in [0.1, 0.15) is 24.9 Å². The second-order valence-corrected chi connectivity index (χ2v) is 5.65. The highest BCUT2D eigenvalue weighted by atomic mass is 15.3. The molecule has 0 aliphatic carbocycles. The van der Waals surface area contributed by atoms with Crippen LogP contribution in [0.25, 0.3) is 0 Å². The lowest BCUT2D eigenvalue weighted by molar-refractivity contribution is 0.0876. The molecule has 0 amide bonds. The molecule has 1 heterocycles. The van der Waals surface area contributed by atoms with Crippen LogP contribution in [0.4, 0.5) is 0 Å². The van der Waals surface area contributed by atoms with Crippen molar-refractivity contribution >= 4 is 0 Å². The van der Waals surface area contributed by atoms with Gasteiger partial charge in [0.2, 0.25) is 0 Å². The molecular formula is C16H27N3. The molecule has 0 bridgehead atoms. The minimum Gasteiger partial charge on any atom is -0.309 e. The van der Waals surface area contributed by atoms with Crippen molar-refractivity contribution in [2.75, 3.05) is 40.3 Å². The van der Waals surface area contributed by atoms with Crippen molar-refractivity contribution < 1.29 is 0 Å². The third-order valence-electron chi connectivity index (χ3n) is 4.06. The van der Waals surface area contributed by atoms with E-state index in [4.69, 9.17) is 0 Å². The quantitative estimate of drug-likeness (QED) is 0.874. The summed E-state index contributed by atoms with van der Waals surface area (Å²) in [4.78, 5) is 4.94. The Morgan fingerprint density at radius 1 is 1.21 bits per heavy atom. The Balaban J connectivity index is 2.16. The Hall–Kier alpha value is -0.900. The van der Waals surface area contributed by atoms with Gasteiger partial charge >= 0.3 is 0 Å². The highest BCUT2D eigenvalue weighted by molar-refractivity contribution is 5.21. The molecule has 0 saturated carbocycles. The lowest BCUT2D eigenvalue weighted by Crippen LogP contribution is -2.55. The van der Waals surface area contributed by atoms with Crippen molar-refractivity contribution in [3.8, 4) is 0 Å². The Labute approximate surface area is 117 Å². The summed E-state index contributed by atoms with van der Waals surface area (Å²) < 4.78 is 0. The van der Waals surface area contributed by atoms with Crippen LogP contribution in [-0.2, 0) is 0 Å². The lowest BCUT2D eigenvalue weighted by atomic mass is 9.96. The molecule has 2 atom stereocenters. The van der Waals surface area contributed by atoms with Crippen molar-refractivity contribution in [2.45, 2.75) is 25.4 Å². The van der Waals surface area contributed by atoms with Gasteiger partial charge in [-0.1, -0.05) is 37.3 Å². The average Bonchev–Trinajstić information content (AvgIpc) is 2.44. The summed E-state index contributed by atoms with van der Waals surface area (Å²) in [5, 5.41) is 3.74. The fourth-order valence-corrected chi connectivity index (χ4v) is 2.84. The molecule has 1 fully saturated rings. The molecule has 2 unspecified atom stereocenters. The molecule has 0 radical (unpaired) electrons. The van der Waals surface area contributed by atoms with Crippen LogP contribution in [0.3, 0.4) is 0 Å². The van der Waals surface area contributed by atoms with E-state index in [1.54, 1.807) is 0 Å². The van der Waals surface area contributed by atoms with Gasteiger partial charge in [-0.25, -0.2) is 0 Å². The minimum absolute atomic E-state index is 0.425. The summed E-state index contributed by atoms with van der Waals surface area (Å²) in [6.45, 7) is 6.76. The number of likely N-dealkylation sites (N-methyl/N-ethyl adjacent to an activating group) is 2. The Morgan fingerprint density at radius 2 is 1.95 bits per heavy atom. The van der Waals surface area contributed by atoms with E-state index in [-0.39, 0.29) is 0 Å². The van der Waals surface area contributed by atoms with Crippen molar-refractivity contribution in [3.63, 3.8) is 0 Å². The maximum Gasteiger partial charge on any atom is 0.0490 e. The molecule has 1 N–H and O–H groups in total. The van der Waals surface area contributed by atoms with Crippen molar-refractivity contribution in [3.05, 3.63) is 35.9 Å². The van der Waals surface area contributed by atoms with Crippen LogP contribution in [-0.4, -0.2) is 56.1 Å². The standard InChI is InChI=1S/C16H27N3/c1-4-10-17-16(14-8-6-5-7-9-14)15-13-18(2)11-12-19(15)3/h5-9,15-17H,4,10-13H2,1-3H3. The van der Waals surface area contributed by atoms with Gasteiger partial charge in [-0.15, -0.1) is 0 Å². The Morgan fingerprint density at radius 3 is 2.63 bits per heavy atom. The van der Waals surface area contributed by atoms with Gasteiger partial charge in [-0.3, -0.25) is 4.90 Å².